The number of nitrogens with zero attached hydrogens (tertiary/aromatic N) is 1. The van der Waals surface area contributed by atoms with Crippen LogP contribution < -0.4 is 5.32 Å². The SMILES string of the molecule is CC1(CNCc2ccc3ccccc3n2)CCCCC1. The van der Waals surface area contributed by atoms with Gasteiger partial charge in [0.15, 0.2) is 0 Å². The molecule has 2 aromatic rings. The third-order valence-corrected chi connectivity index (χ3v) is 4.57. The van der Waals surface area contributed by atoms with Gasteiger partial charge < -0.3 is 5.32 Å². The molecule has 0 amide bonds. The van der Waals surface area contributed by atoms with Crippen LogP contribution in [0.3, 0.4) is 0 Å². The number of benzene rings is 1. The van der Waals surface area contributed by atoms with E-state index in [0.29, 0.717) is 5.41 Å². The molecule has 1 aliphatic carbocycles. The normalized spacial score (nSPS) is 18.2. The van der Waals surface area contributed by atoms with Crippen molar-refractivity contribution in [1.29, 1.82) is 0 Å². The first-order valence-corrected chi connectivity index (χ1v) is 7.81. The lowest BCUT2D eigenvalue weighted by Gasteiger charge is -2.33. The fourth-order valence-corrected chi connectivity index (χ4v) is 3.28. The molecule has 3 rings (SSSR count). The van der Waals surface area contributed by atoms with E-state index in [1.54, 1.807) is 0 Å². The van der Waals surface area contributed by atoms with Crippen molar-refractivity contribution in [2.75, 3.05) is 6.54 Å². The fraction of sp³-hybridized carbons (Fsp3) is 0.500. The van der Waals surface area contributed by atoms with E-state index >= 15 is 0 Å². The first-order valence-electron chi connectivity index (χ1n) is 7.81. The summed E-state index contributed by atoms with van der Waals surface area (Å²) < 4.78 is 0. The molecule has 1 aromatic heterocycles. The molecule has 0 radical (unpaired) electrons. The first-order chi connectivity index (χ1) is 9.75. The predicted molar refractivity (Wildman–Crippen MR) is 84.6 cm³/mol. The van der Waals surface area contributed by atoms with E-state index in [0.717, 1.165) is 24.3 Å². The Labute approximate surface area is 121 Å². The van der Waals surface area contributed by atoms with Gasteiger partial charge in [-0.15, -0.1) is 0 Å². The average Bonchev–Trinajstić information content (AvgIpc) is 2.48. The highest BCUT2D eigenvalue weighted by Crippen LogP contribution is 2.34. The summed E-state index contributed by atoms with van der Waals surface area (Å²) in [7, 11) is 0. The van der Waals surface area contributed by atoms with E-state index in [4.69, 9.17) is 4.98 Å². The molecule has 1 N–H and O–H groups in total. The van der Waals surface area contributed by atoms with E-state index in [9.17, 15) is 0 Å². The van der Waals surface area contributed by atoms with Crippen LogP contribution in [0.4, 0.5) is 0 Å². The van der Waals surface area contributed by atoms with Gasteiger partial charge in [-0.3, -0.25) is 4.98 Å². The van der Waals surface area contributed by atoms with Gasteiger partial charge in [0.1, 0.15) is 0 Å². The molecule has 1 aromatic carbocycles. The molecule has 1 fully saturated rings. The molecule has 106 valence electrons. The number of para-hydroxylation sites is 1. The molecular formula is C18H24N2. The van der Waals surface area contributed by atoms with Crippen molar-refractivity contribution in [3.8, 4) is 0 Å². The summed E-state index contributed by atoms with van der Waals surface area (Å²) in [5, 5.41) is 4.83. The number of pyridine rings is 1. The topological polar surface area (TPSA) is 24.9 Å². The number of nitrogens with one attached hydrogen (secondary N) is 1. The summed E-state index contributed by atoms with van der Waals surface area (Å²) in [5.41, 5.74) is 2.73. The molecule has 1 saturated carbocycles. The Morgan fingerprint density at radius 3 is 2.70 bits per heavy atom. The van der Waals surface area contributed by atoms with Crippen molar-refractivity contribution < 1.29 is 0 Å². The van der Waals surface area contributed by atoms with Crippen LogP contribution >= 0.6 is 0 Å². The quantitative estimate of drug-likeness (QED) is 0.894. The zero-order valence-corrected chi connectivity index (χ0v) is 12.4. The van der Waals surface area contributed by atoms with Crippen LogP contribution in [-0.2, 0) is 6.54 Å². The fourth-order valence-electron chi connectivity index (χ4n) is 3.28. The van der Waals surface area contributed by atoms with Gasteiger partial charge in [0.2, 0.25) is 0 Å². The van der Waals surface area contributed by atoms with Gasteiger partial charge >= 0.3 is 0 Å². The first kappa shape index (κ1) is 13.6. The maximum Gasteiger partial charge on any atom is 0.0705 e. The highest BCUT2D eigenvalue weighted by Gasteiger charge is 2.25. The minimum atomic E-state index is 0.495. The van der Waals surface area contributed by atoms with E-state index in [-0.39, 0.29) is 0 Å². The summed E-state index contributed by atoms with van der Waals surface area (Å²) >= 11 is 0. The van der Waals surface area contributed by atoms with Gasteiger partial charge in [-0.05, 0) is 30.4 Å². The van der Waals surface area contributed by atoms with Crippen molar-refractivity contribution >= 4 is 10.9 Å². The molecule has 0 aliphatic heterocycles. The minimum absolute atomic E-state index is 0.495. The zero-order chi connectivity index (χ0) is 13.8. The smallest absolute Gasteiger partial charge is 0.0705 e. The van der Waals surface area contributed by atoms with Crippen molar-refractivity contribution in [3.05, 3.63) is 42.1 Å². The minimum Gasteiger partial charge on any atom is -0.311 e. The lowest BCUT2D eigenvalue weighted by atomic mass is 9.76. The van der Waals surface area contributed by atoms with Gasteiger partial charge in [-0.2, -0.15) is 0 Å². The van der Waals surface area contributed by atoms with Gasteiger partial charge in [0.05, 0.1) is 11.2 Å². The maximum absolute atomic E-state index is 4.72. The molecule has 2 nitrogen and oxygen atoms in total. The summed E-state index contributed by atoms with van der Waals surface area (Å²) in [5.74, 6) is 0. The molecule has 0 spiro atoms. The van der Waals surface area contributed by atoms with Crippen molar-refractivity contribution in [3.63, 3.8) is 0 Å². The molecular weight excluding hydrogens is 244 g/mol. The van der Waals surface area contributed by atoms with Crippen molar-refractivity contribution in [1.82, 2.24) is 10.3 Å². The Kier molecular flexibility index (Phi) is 4.02. The molecule has 0 atom stereocenters. The zero-order valence-electron chi connectivity index (χ0n) is 12.4. The molecule has 0 unspecified atom stereocenters. The van der Waals surface area contributed by atoms with Crippen LogP contribution in [0.5, 0.6) is 0 Å². The standard InChI is InChI=1S/C18H24N2/c1-18(11-5-2-6-12-18)14-19-13-16-10-9-15-7-3-4-8-17(15)20-16/h3-4,7-10,19H,2,5-6,11-14H2,1H3. The lowest BCUT2D eigenvalue weighted by Crippen LogP contribution is -2.33. The van der Waals surface area contributed by atoms with Crippen LogP contribution in [-0.4, -0.2) is 11.5 Å². The molecule has 1 heterocycles. The van der Waals surface area contributed by atoms with Gasteiger partial charge in [-0.25, -0.2) is 0 Å². The largest absolute Gasteiger partial charge is 0.311 e. The Balaban J connectivity index is 1.59. The number of rotatable bonds is 4. The van der Waals surface area contributed by atoms with Crippen molar-refractivity contribution in [2.45, 2.75) is 45.6 Å². The van der Waals surface area contributed by atoms with Crippen LogP contribution in [0.25, 0.3) is 10.9 Å². The molecule has 20 heavy (non-hydrogen) atoms. The number of aromatic nitrogens is 1. The van der Waals surface area contributed by atoms with Crippen LogP contribution in [0, 0.1) is 5.41 Å². The highest BCUT2D eigenvalue weighted by atomic mass is 14.9. The Morgan fingerprint density at radius 1 is 1.05 bits per heavy atom. The van der Waals surface area contributed by atoms with E-state index in [1.165, 1.54) is 37.5 Å². The summed E-state index contributed by atoms with van der Waals surface area (Å²) in [4.78, 5) is 4.72. The average molecular weight is 268 g/mol. The highest BCUT2D eigenvalue weighted by molar-refractivity contribution is 5.78. The lowest BCUT2D eigenvalue weighted by molar-refractivity contribution is 0.207. The Hall–Kier alpha value is -1.41. The van der Waals surface area contributed by atoms with Gasteiger partial charge in [0, 0.05) is 18.5 Å². The third-order valence-electron chi connectivity index (χ3n) is 4.57. The number of hydrogen-bond acceptors (Lipinski definition) is 2. The van der Waals surface area contributed by atoms with E-state index < -0.39 is 0 Å². The van der Waals surface area contributed by atoms with Crippen LogP contribution in [0.15, 0.2) is 36.4 Å². The van der Waals surface area contributed by atoms with E-state index in [1.807, 2.05) is 0 Å². The van der Waals surface area contributed by atoms with Crippen LogP contribution in [0.1, 0.15) is 44.7 Å². The molecule has 0 saturated heterocycles. The summed E-state index contributed by atoms with van der Waals surface area (Å²) in [6.07, 6.45) is 6.94. The monoisotopic (exact) mass is 268 g/mol. The molecule has 2 heteroatoms. The Bertz CT molecular complexity index is 570. The third kappa shape index (κ3) is 3.18. The van der Waals surface area contributed by atoms with Crippen LogP contribution in [0.2, 0.25) is 0 Å². The summed E-state index contributed by atoms with van der Waals surface area (Å²) in [6, 6.07) is 12.6. The Morgan fingerprint density at radius 2 is 1.85 bits per heavy atom. The number of hydrogen-bond donors (Lipinski definition) is 1. The second-order valence-corrected chi connectivity index (χ2v) is 6.47. The second-order valence-electron chi connectivity index (χ2n) is 6.47. The molecule has 0 bridgehead atoms. The number of fused-ring (bicyclic) bond motifs is 1. The summed E-state index contributed by atoms with van der Waals surface area (Å²) in [6.45, 7) is 4.41. The molecule has 1 aliphatic rings. The second kappa shape index (κ2) is 5.92. The van der Waals surface area contributed by atoms with Gasteiger partial charge in [-0.1, -0.05) is 50.5 Å². The van der Waals surface area contributed by atoms with E-state index in [2.05, 4.69) is 48.6 Å². The maximum atomic E-state index is 4.72. The van der Waals surface area contributed by atoms with Crippen molar-refractivity contribution in [2.24, 2.45) is 5.41 Å². The predicted octanol–water partition coefficient (Wildman–Crippen LogP) is 4.29. The van der Waals surface area contributed by atoms with Gasteiger partial charge in [0.25, 0.3) is 0 Å².